The lowest BCUT2D eigenvalue weighted by molar-refractivity contribution is -0.137. The van der Waals surface area contributed by atoms with Crippen LogP contribution in [0.5, 0.6) is 0 Å². The summed E-state index contributed by atoms with van der Waals surface area (Å²) < 4.78 is 38.3. The van der Waals surface area contributed by atoms with Crippen molar-refractivity contribution in [2.24, 2.45) is 11.7 Å². The highest BCUT2D eigenvalue weighted by Gasteiger charge is 2.32. The summed E-state index contributed by atoms with van der Waals surface area (Å²) in [5.41, 5.74) is 6.45. The number of anilines is 1. The van der Waals surface area contributed by atoms with E-state index in [1.54, 1.807) is 6.07 Å². The Morgan fingerprint density at radius 1 is 1.25 bits per heavy atom. The molecule has 0 spiro atoms. The summed E-state index contributed by atoms with van der Waals surface area (Å²) >= 11 is 0. The van der Waals surface area contributed by atoms with Gasteiger partial charge in [0.15, 0.2) is 0 Å². The zero-order valence-corrected chi connectivity index (χ0v) is 11.9. The van der Waals surface area contributed by atoms with E-state index in [1.807, 2.05) is 0 Å². The molecule has 1 aliphatic rings. The smallest absolute Gasteiger partial charge is 0.368 e. The van der Waals surface area contributed by atoms with Crippen LogP contribution >= 0.6 is 0 Å². The maximum Gasteiger partial charge on any atom is 0.416 e. The van der Waals surface area contributed by atoms with E-state index in [2.05, 4.69) is 18.7 Å². The van der Waals surface area contributed by atoms with Crippen LogP contribution in [0.1, 0.15) is 37.8 Å². The number of nitrogens with two attached hydrogens (primary N) is 1. The van der Waals surface area contributed by atoms with Crippen LogP contribution in [0.25, 0.3) is 0 Å². The van der Waals surface area contributed by atoms with Crippen LogP contribution < -0.4 is 10.6 Å². The third kappa shape index (κ3) is 3.08. The Morgan fingerprint density at radius 2 is 1.95 bits per heavy atom. The third-order valence-electron chi connectivity index (χ3n) is 4.05. The van der Waals surface area contributed by atoms with Gasteiger partial charge in [-0.15, -0.1) is 0 Å². The summed E-state index contributed by atoms with van der Waals surface area (Å²) in [5, 5.41) is 0. The van der Waals surface area contributed by atoms with Gasteiger partial charge in [0.1, 0.15) is 0 Å². The first-order valence-corrected chi connectivity index (χ1v) is 6.99. The second kappa shape index (κ2) is 5.64. The van der Waals surface area contributed by atoms with Crippen molar-refractivity contribution < 1.29 is 13.2 Å². The maximum atomic E-state index is 12.8. The van der Waals surface area contributed by atoms with Gasteiger partial charge >= 0.3 is 6.18 Å². The van der Waals surface area contributed by atoms with E-state index in [0.29, 0.717) is 17.5 Å². The lowest BCUT2D eigenvalue weighted by atomic mass is 9.93. The highest BCUT2D eigenvalue weighted by atomic mass is 19.4. The van der Waals surface area contributed by atoms with E-state index < -0.39 is 11.7 Å². The minimum Gasteiger partial charge on any atom is -0.368 e. The van der Waals surface area contributed by atoms with Crippen LogP contribution in [0.4, 0.5) is 18.9 Å². The molecule has 1 saturated heterocycles. The van der Waals surface area contributed by atoms with Crippen LogP contribution in [0.3, 0.4) is 0 Å². The first kappa shape index (κ1) is 15.2. The van der Waals surface area contributed by atoms with Gasteiger partial charge in [-0.1, -0.05) is 6.92 Å². The molecule has 0 saturated carbocycles. The van der Waals surface area contributed by atoms with E-state index in [4.69, 9.17) is 5.73 Å². The van der Waals surface area contributed by atoms with Gasteiger partial charge < -0.3 is 10.6 Å². The molecule has 0 radical (unpaired) electrons. The molecular formula is C15H21F3N2. The van der Waals surface area contributed by atoms with E-state index in [-0.39, 0.29) is 6.54 Å². The summed E-state index contributed by atoms with van der Waals surface area (Å²) in [6, 6.07) is 4.25. The van der Waals surface area contributed by atoms with Crippen molar-refractivity contribution >= 4 is 5.69 Å². The van der Waals surface area contributed by atoms with Crippen molar-refractivity contribution in [2.75, 3.05) is 11.4 Å². The number of nitrogens with zero attached hydrogens (tertiary/aromatic N) is 1. The van der Waals surface area contributed by atoms with Crippen molar-refractivity contribution in [1.82, 2.24) is 0 Å². The molecule has 1 aromatic rings. The third-order valence-corrected chi connectivity index (χ3v) is 4.05. The topological polar surface area (TPSA) is 29.3 Å². The summed E-state index contributed by atoms with van der Waals surface area (Å²) in [7, 11) is 0. The molecule has 5 heteroatoms. The first-order chi connectivity index (χ1) is 9.32. The fraction of sp³-hybridized carbons (Fsp3) is 0.600. The van der Waals surface area contributed by atoms with Gasteiger partial charge in [0, 0.05) is 24.8 Å². The number of benzene rings is 1. The van der Waals surface area contributed by atoms with Crippen LogP contribution in [0, 0.1) is 5.92 Å². The van der Waals surface area contributed by atoms with E-state index in [0.717, 1.165) is 31.1 Å². The molecule has 2 rings (SSSR count). The minimum absolute atomic E-state index is 0.122. The zero-order valence-electron chi connectivity index (χ0n) is 11.9. The number of hydrogen-bond donors (Lipinski definition) is 1. The Hall–Kier alpha value is -1.23. The van der Waals surface area contributed by atoms with Gasteiger partial charge in [0.25, 0.3) is 0 Å². The number of hydrogen-bond acceptors (Lipinski definition) is 2. The molecule has 2 nitrogen and oxygen atoms in total. The standard InChI is InChI=1S/C15H21F3N2/c1-10-3-4-11(2)20(9-10)14-6-5-13(15(16,17)18)7-12(14)8-19/h5-7,10-11H,3-4,8-9,19H2,1-2H3. The summed E-state index contributed by atoms with van der Waals surface area (Å²) in [4.78, 5) is 2.19. The lowest BCUT2D eigenvalue weighted by Crippen LogP contribution is -2.41. The Kier molecular flexibility index (Phi) is 4.28. The molecule has 112 valence electrons. The summed E-state index contributed by atoms with van der Waals surface area (Å²) in [6.45, 7) is 5.28. The number of alkyl halides is 3. The Bertz CT molecular complexity index is 471. The Labute approximate surface area is 117 Å². The molecule has 0 aliphatic carbocycles. The fourth-order valence-corrected chi connectivity index (χ4v) is 2.83. The number of piperidine rings is 1. The Morgan fingerprint density at radius 3 is 2.55 bits per heavy atom. The minimum atomic E-state index is -4.32. The van der Waals surface area contributed by atoms with Crippen molar-refractivity contribution in [1.29, 1.82) is 0 Å². The van der Waals surface area contributed by atoms with Crippen LogP contribution in [0.15, 0.2) is 18.2 Å². The highest BCUT2D eigenvalue weighted by Crippen LogP contribution is 2.35. The molecule has 20 heavy (non-hydrogen) atoms. The predicted octanol–water partition coefficient (Wildman–Crippen LogP) is 3.79. The summed E-state index contributed by atoms with van der Waals surface area (Å²) in [5.74, 6) is 0.555. The van der Waals surface area contributed by atoms with Crippen molar-refractivity contribution in [3.8, 4) is 0 Å². The average Bonchev–Trinajstić information content (AvgIpc) is 2.40. The number of halogens is 3. The van der Waals surface area contributed by atoms with Gasteiger partial charge in [-0.05, 0) is 49.4 Å². The molecule has 2 unspecified atom stereocenters. The molecule has 0 bridgehead atoms. The van der Waals surface area contributed by atoms with Crippen molar-refractivity contribution in [3.63, 3.8) is 0 Å². The quantitative estimate of drug-likeness (QED) is 0.896. The largest absolute Gasteiger partial charge is 0.416 e. The lowest BCUT2D eigenvalue weighted by Gasteiger charge is -2.39. The predicted molar refractivity (Wildman–Crippen MR) is 74.5 cm³/mol. The molecule has 0 aromatic heterocycles. The average molecular weight is 286 g/mol. The number of rotatable bonds is 2. The van der Waals surface area contributed by atoms with Gasteiger partial charge in [-0.2, -0.15) is 13.2 Å². The first-order valence-electron chi connectivity index (χ1n) is 6.99. The molecule has 2 atom stereocenters. The van der Waals surface area contributed by atoms with E-state index in [1.165, 1.54) is 6.07 Å². The SMILES string of the molecule is CC1CCC(C)N(c2ccc(C(F)(F)F)cc2CN)C1. The molecule has 2 N–H and O–H groups in total. The highest BCUT2D eigenvalue weighted by molar-refractivity contribution is 5.56. The molecular weight excluding hydrogens is 265 g/mol. The van der Waals surface area contributed by atoms with Crippen molar-refractivity contribution in [2.45, 2.75) is 45.5 Å². The molecule has 1 aliphatic heterocycles. The second-order valence-electron chi connectivity index (χ2n) is 5.73. The summed E-state index contributed by atoms with van der Waals surface area (Å²) in [6.07, 6.45) is -2.09. The zero-order chi connectivity index (χ0) is 14.9. The second-order valence-corrected chi connectivity index (χ2v) is 5.73. The van der Waals surface area contributed by atoms with E-state index in [9.17, 15) is 13.2 Å². The monoisotopic (exact) mass is 286 g/mol. The Balaban J connectivity index is 2.36. The molecule has 0 amide bonds. The normalized spacial score (nSPS) is 24.0. The van der Waals surface area contributed by atoms with Gasteiger partial charge in [0.2, 0.25) is 0 Å². The molecule has 1 fully saturated rings. The molecule has 1 aromatic carbocycles. The van der Waals surface area contributed by atoms with Crippen LogP contribution in [0.2, 0.25) is 0 Å². The van der Waals surface area contributed by atoms with Crippen molar-refractivity contribution in [3.05, 3.63) is 29.3 Å². The van der Waals surface area contributed by atoms with Gasteiger partial charge in [-0.25, -0.2) is 0 Å². The molecule has 1 heterocycles. The van der Waals surface area contributed by atoms with E-state index >= 15 is 0 Å². The fourth-order valence-electron chi connectivity index (χ4n) is 2.83. The van der Waals surface area contributed by atoms with Gasteiger partial charge in [0.05, 0.1) is 5.56 Å². The van der Waals surface area contributed by atoms with Gasteiger partial charge in [-0.3, -0.25) is 0 Å². The maximum absolute atomic E-state index is 12.8. The van der Waals surface area contributed by atoms with Crippen LogP contribution in [-0.2, 0) is 12.7 Å². The van der Waals surface area contributed by atoms with Crippen LogP contribution in [-0.4, -0.2) is 12.6 Å².